The molecule has 2 aromatic carbocycles. The van der Waals surface area contributed by atoms with Crippen LogP contribution in [-0.4, -0.2) is 72.2 Å². The van der Waals surface area contributed by atoms with Crippen molar-refractivity contribution in [3.63, 3.8) is 0 Å². The molecule has 0 saturated carbocycles. The fourth-order valence-electron chi connectivity index (χ4n) is 5.07. The molecule has 0 unspecified atom stereocenters. The number of carboxylic acids is 2. The highest BCUT2D eigenvalue weighted by Crippen LogP contribution is 2.37. The minimum Gasteiger partial charge on any atom is -0.481 e. The first-order chi connectivity index (χ1) is 21.9. The molecule has 0 aliphatic heterocycles. The molecule has 9 heteroatoms. The van der Waals surface area contributed by atoms with E-state index in [4.69, 9.17) is 14.6 Å². The van der Waals surface area contributed by atoms with E-state index in [9.17, 15) is 24.9 Å². The van der Waals surface area contributed by atoms with Gasteiger partial charge in [-0.25, -0.2) is 0 Å². The van der Waals surface area contributed by atoms with Gasteiger partial charge >= 0.3 is 11.9 Å². The number of benzene rings is 2. The standard InChI is InChI=1S/C21H30O4Si.2C8H16O2/c1-20(2,3)26(18-10-6-4-7-11-18,19-12-8-5-9-13-19)25-17-21(14-22,15-23)16-24;2*1-2-3-4-5-6-7-8(9)10/h4-13,22-24H,14-17H2,1-3H3;2*2-7H2,1H3,(H,9,10). The Morgan fingerprint density at radius 2 is 0.957 bits per heavy atom. The molecule has 262 valence electrons. The van der Waals surface area contributed by atoms with Crippen molar-refractivity contribution in [3.8, 4) is 0 Å². The predicted octanol–water partition coefficient (Wildman–Crippen LogP) is 6.39. The molecule has 0 atom stereocenters. The minimum absolute atomic E-state index is 0.0871. The van der Waals surface area contributed by atoms with Gasteiger partial charge in [0.2, 0.25) is 0 Å². The van der Waals surface area contributed by atoms with E-state index >= 15 is 0 Å². The summed E-state index contributed by atoms with van der Waals surface area (Å²) in [7, 11) is -2.74. The lowest BCUT2D eigenvalue weighted by molar-refractivity contribution is -0.138. The number of aliphatic hydroxyl groups excluding tert-OH is 3. The monoisotopic (exact) mass is 662 g/mol. The maximum Gasteiger partial charge on any atom is 0.303 e. The third-order valence-electron chi connectivity index (χ3n) is 8.01. The van der Waals surface area contributed by atoms with Crippen LogP contribution in [0.25, 0.3) is 0 Å². The van der Waals surface area contributed by atoms with Crippen LogP contribution in [0.15, 0.2) is 60.7 Å². The van der Waals surface area contributed by atoms with Gasteiger partial charge < -0.3 is 30.0 Å². The van der Waals surface area contributed by atoms with Crippen LogP contribution >= 0.6 is 0 Å². The van der Waals surface area contributed by atoms with Crippen LogP contribution in [-0.2, 0) is 14.0 Å². The van der Waals surface area contributed by atoms with Gasteiger partial charge in [-0.1, -0.05) is 147 Å². The topological polar surface area (TPSA) is 145 Å². The van der Waals surface area contributed by atoms with E-state index in [1.165, 1.54) is 38.5 Å². The Morgan fingerprint density at radius 1 is 0.609 bits per heavy atom. The molecular weight excluding hydrogens is 600 g/mol. The van der Waals surface area contributed by atoms with Crippen molar-refractivity contribution in [2.24, 2.45) is 5.41 Å². The molecule has 0 amide bonds. The number of carbonyl (C=O) groups is 2. The Bertz CT molecular complexity index is 965. The average Bonchev–Trinajstić information content (AvgIpc) is 3.04. The number of aliphatic carboxylic acids is 2. The van der Waals surface area contributed by atoms with E-state index in [0.29, 0.717) is 12.8 Å². The molecule has 0 fully saturated rings. The maximum atomic E-state index is 10.0. The van der Waals surface area contributed by atoms with Crippen molar-refractivity contribution in [1.82, 2.24) is 0 Å². The van der Waals surface area contributed by atoms with Crippen molar-refractivity contribution in [2.45, 2.75) is 117 Å². The highest BCUT2D eigenvalue weighted by atomic mass is 28.4. The lowest BCUT2D eigenvalue weighted by Gasteiger charge is -2.45. The SMILES string of the molecule is CC(C)(C)[Si](OCC(CO)(CO)CO)(c1ccccc1)c1ccccc1.CCCCCCCC(=O)O.CCCCCCCC(=O)O. The van der Waals surface area contributed by atoms with E-state index in [2.05, 4.69) is 58.9 Å². The second-order valence-corrected chi connectivity index (χ2v) is 17.3. The summed E-state index contributed by atoms with van der Waals surface area (Å²) in [6.07, 6.45) is 11.8. The summed E-state index contributed by atoms with van der Waals surface area (Å²) in [5.74, 6) is -1.34. The second kappa shape index (κ2) is 24.6. The van der Waals surface area contributed by atoms with Crippen LogP contribution in [0.3, 0.4) is 0 Å². The van der Waals surface area contributed by atoms with Gasteiger partial charge in [0.25, 0.3) is 8.32 Å². The number of aliphatic hydroxyl groups is 3. The Kier molecular flexibility index (Phi) is 23.2. The Labute approximate surface area is 279 Å². The Hall–Kier alpha value is -2.56. The number of unbranched alkanes of at least 4 members (excludes halogenated alkanes) is 8. The van der Waals surface area contributed by atoms with Crippen molar-refractivity contribution in [1.29, 1.82) is 0 Å². The zero-order valence-corrected chi connectivity index (χ0v) is 30.0. The molecule has 0 aromatic heterocycles. The molecule has 0 saturated heterocycles. The Balaban J connectivity index is 0.000000832. The van der Waals surface area contributed by atoms with Gasteiger partial charge in [0.05, 0.1) is 25.2 Å². The van der Waals surface area contributed by atoms with Crippen LogP contribution in [0, 0.1) is 5.41 Å². The predicted molar refractivity (Wildman–Crippen MR) is 189 cm³/mol. The highest BCUT2D eigenvalue weighted by Gasteiger charge is 2.51. The molecule has 8 nitrogen and oxygen atoms in total. The van der Waals surface area contributed by atoms with Crippen LogP contribution in [0.4, 0.5) is 0 Å². The van der Waals surface area contributed by atoms with Gasteiger partial charge in [-0.05, 0) is 28.3 Å². The van der Waals surface area contributed by atoms with Crippen molar-refractivity contribution in [3.05, 3.63) is 60.7 Å². The lowest BCUT2D eigenvalue weighted by Crippen LogP contribution is -2.67. The molecule has 5 N–H and O–H groups in total. The van der Waals surface area contributed by atoms with E-state index in [1.807, 2.05) is 36.4 Å². The minimum atomic E-state index is -2.74. The zero-order valence-electron chi connectivity index (χ0n) is 29.0. The number of rotatable bonds is 20. The molecule has 0 aliphatic carbocycles. The normalized spacial score (nSPS) is 11.6. The first-order valence-corrected chi connectivity index (χ1v) is 18.8. The summed E-state index contributed by atoms with van der Waals surface area (Å²) in [5, 5.41) is 47.8. The van der Waals surface area contributed by atoms with E-state index < -0.39 is 25.7 Å². The maximum absolute atomic E-state index is 10.0. The molecule has 0 spiro atoms. The molecule has 2 rings (SSSR count). The van der Waals surface area contributed by atoms with Crippen LogP contribution in [0.5, 0.6) is 0 Å². The smallest absolute Gasteiger partial charge is 0.303 e. The van der Waals surface area contributed by atoms with E-state index in [-0.39, 0.29) is 31.5 Å². The first kappa shape index (κ1) is 43.4. The number of hydrogen-bond acceptors (Lipinski definition) is 6. The van der Waals surface area contributed by atoms with Crippen LogP contribution in [0.1, 0.15) is 112 Å². The Morgan fingerprint density at radius 3 is 1.24 bits per heavy atom. The second-order valence-electron chi connectivity index (χ2n) is 13.0. The summed E-state index contributed by atoms with van der Waals surface area (Å²) < 4.78 is 6.66. The molecule has 0 bridgehead atoms. The van der Waals surface area contributed by atoms with Gasteiger partial charge in [0, 0.05) is 19.4 Å². The molecule has 2 aromatic rings. The fraction of sp³-hybridized carbons (Fsp3) is 0.622. The molecule has 0 aliphatic rings. The third-order valence-corrected chi connectivity index (χ3v) is 13.0. The summed E-state index contributed by atoms with van der Waals surface area (Å²) in [5.41, 5.74) is -1.06. The first-order valence-electron chi connectivity index (χ1n) is 16.9. The highest BCUT2D eigenvalue weighted by molar-refractivity contribution is 6.99. The molecular formula is C37H62O8Si. The van der Waals surface area contributed by atoms with E-state index in [0.717, 1.165) is 36.1 Å². The number of hydrogen-bond donors (Lipinski definition) is 5. The quantitative estimate of drug-likeness (QED) is 0.0811. The third kappa shape index (κ3) is 16.3. The molecule has 0 heterocycles. The summed E-state index contributed by atoms with van der Waals surface area (Å²) >= 11 is 0. The van der Waals surface area contributed by atoms with Gasteiger partial charge in [0.1, 0.15) is 0 Å². The van der Waals surface area contributed by atoms with Gasteiger partial charge in [-0.2, -0.15) is 0 Å². The van der Waals surface area contributed by atoms with Crippen molar-refractivity contribution in [2.75, 3.05) is 26.4 Å². The zero-order chi connectivity index (χ0) is 34.9. The average molecular weight is 663 g/mol. The summed E-state index contributed by atoms with van der Waals surface area (Å²) in [6.45, 7) is 9.87. The largest absolute Gasteiger partial charge is 0.481 e. The fourth-order valence-corrected chi connectivity index (χ4v) is 9.75. The van der Waals surface area contributed by atoms with Crippen molar-refractivity contribution >= 4 is 30.6 Å². The van der Waals surface area contributed by atoms with Crippen LogP contribution < -0.4 is 10.4 Å². The van der Waals surface area contributed by atoms with E-state index in [1.54, 1.807) is 0 Å². The van der Waals surface area contributed by atoms with Gasteiger partial charge in [-0.3, -0.25) is 9.59 Å². The summed E-state index contributed by atoms with van der Waals surface area (Å²) in [4.78, 5) is 20.1. The molecule has 0 radical (unpaired) electrons. The lowest BCUT2D eigenvalue weighted by atomic mass is 9.93. The van der Waals surface area contributed by atoms with Crippen LogP contribution in [0.2, 0.25) is 5.04 Å². The van der Waals surface area contributed by atoms with Gasteiger partial charge in [0.15, 0.2) is 0 Å². The van der Waals surface area contributed by atoms with Crippen molar-refractivity contribution < 1.29 is 39.5 Å². The summed E-state index contributed by atoms with van der Waals surface area (Å²) in [6, 6.07) is 20.3. The molecule has 46 heavy (non-hydrogen) atoms. The van der Waals surface area contributed by atoms with Gasteiger partial charge in [-0.15, -0.1) is 0 Å². The number of carboxylic acid groups (broad SMARTS) is 2.